The summed E-state index contributed by atoms with van der Waals surface area (Å²) in [5, 5.41) is 13.3. The van der Waals surface area contributed by atoms with Crippen molar-refractivity contribution in [3.63, 3.8) is 0 Å². The van der Waals surface area contributed by atoms with Gasteiger partial charge in [0.1, 0.15) is 11.6 Å². The fourth-order valence-electron chi connectivity index (χ4n) is 3.79. The second-order valence-corrected chi connectivity index (χ2v) is 6.25. The van der Waals surface area contributed by atoms with Crippen LogP contribution in [-0.2, 0) is 0 Å². The van der Waals surface area contributed by atoms with Crippen LogP contribution in [0.2, 0.25) is 0 Å². The van der Waals surface area contributed by atoms with Crippen molar-refractivity contribution in [3.05, 3.63) is 57.9 Å². The normalized spacial score (nSPS) is 22.1. The highest BCUT2D eigenvalue weighted by atomic mass is 16.3. The minimum Gasteiger partial charge on any atom is -0.507 e. The first-order valence-corrected chi connectivity index (χ1v) is 8.01. The number of carbonyl (C=O) groups is 1. The molecule has 1 fully saturated rings. The summed E-state index contributed by atoms with van der Waals surface area (Å²) in [6.07, 6.45) is 4.21. The number of rotatable bonds is 2. The van der Waals surface area contributed by atoms with Gasteiger partial charge in [0.15, 0.2) is 5.78 Å². The average molecular weight is 310 g/mol. The molecule has 2 aromatic rings. The molecule has 2 aliphatic rings. The van der Waals surface area contributed by atoms with E-state index in [2.05, 4.69) is 5.32 Å². The number of benzene rings is 1. The Morgan fingerprint density at radius 3 is 2.70 bits per heavy atom. The largest absolute Gasteiger partial charge is 0.507 e. The molecule has 118 valence electrons. The maximum Gasteiger partial charge on any atom is 0.252 e. The monoisotopic (exact) mass is 310 g/mol. The summed E-state index contributed by atoms with van der Waals surface area (Å²) in [5.41, 5.74) is 0.627. The number of nitrogens with zero attached hydrogens (tertiary/aromatic N) is 1. The van der Waals surface area contributed by atoms with Crippen molar-refractivity contribution in [2.45, 2.75) is 37.8 Å². The molecule has 1 aromatic carbocycles. The van der Waals surface area contributed by atoms with Crippen molar-refractivity contribution in [2.24, 2.45) is 0 Å². The number of phenolic OH excluding ortho intramolecular Hbond substituents is 1. The SMILES string of the molecule is O=C(c1ccccc1O)c1ccc(=O)n2c1N[C@@H]1CCCC[C@@H]12. The molecule has 1 saturated carbocycles. The Kier molecular flexibility index (Phi) is 3.22. The minimum atomic E-state index is -0.266. The number of anilines is 1. The van der Waals surface area contributed by atoms with Crippen molar-refractivity contribution in [3.8, 4) is 5.75 Å². The molecule has 0 radical (unpaired) electrons. The molecule has 1 aliphatic heterocycles. The van der Waals surface area contributed by atoms with E-state index >= 15 is 0 Å². The number of carbonyl (C=O) groups excluding carboxylic acids is 1. The van der Waals surface area contributed by atoms with Gasteiger partial charge in [0.05, 0.1) is 17.2 Å². The van der Waals surface area contributed by atoms with E-state index in [1.807, 2.05) is 0 Å². The zero-order valence-corrected chi connectivity index (χ0v) is 12.7. The Labute approximate surface area is 133 Å². The lowest BCUT2D eigenvalue weighted by atomic mass is 9.91. The highest BCUT2D eigenvalue weighted by molar-refractivity contribution is 6.13. The van der Waals surface area contributed by atoms with Crippen LogP contribution < -0.4 is 10.9 Å². The van der Waals surface area contributed by atoms with E-state index in [9.17, 15) is 14.7 Å². The number of pyridine rings is 1. The zero-order valence-electron chi connectivity index (χ0n) is 12.7. The molecular formula is C18H18N2O3. The number of aromatic nitrogens is 1. The van der Waals surface area contributed by atoms with Crippen molar-refractivity contribution in [1.29, 1.82) is 0 Å². The third kappa shape index (κ3) is 2.15. The van der Waals surface area contributed by atoms with Gasteiger partial charge in [-0.25, -0.2) is 0 Å². The van der Waals surface area contributed by atoms with Gasteiger partial charge in [-0.2, -0.15) is 0 Å². The van der Waals surface area contributed by atoms with Crippen LogP contribution in [0.15, 0.2) is 41.2 Å². The number of hydrogen-bond donors (Lipinski definition) is 2. The number of ketones is 1. The summed E-state index contributed by atoms with van der Waals surface area (Å²) in [4.78, 5) is 25.1. The standard InChI is InChI=1S/C18H18N2O3/c21-15-8-4-1-5-11(15)17(23)12-9-10-16(22)20-14-7-3-2-6-13(14)19-18(12)20/h1,4-5,8-10,13-14,19,21H,2-3,6-7H2/t13-,14+/m1/s1. The Balaban J connectivity index is 1.83. The summed E-state index contributed by atoms with van der Waals surface area (Å²) in [6.45, 7) is 0. The summed E-state index contributed by atoms with van der Waals surface area (Å²) >= 11 is 0. The van der Waals surface area contributed by atoms with Gasteiger partial charge in [0.2, 0.25) is 0 Å². The molecule has 2 N–H and O–H groups in total. The lowest BCUT2D eigenvalue weighted by molar-refractivity contribution is 0.103. The van der Waals surface area contributed by atoms with Crippen LogP contribution in [0.4, 0.5) is 5.82 Å². The molecule has 0 bridgehead atoms. The molecule has 0 unspecified atom stereocenters. The van der Waals surface area contributed by atoms with Crippen molar-refractivity contribution in [1.82, 2.24) is 4.57 Å². The van der Waals surface area contributed by atoms with Gasteiger partial charge >= 0.3 is 0 Å². The summed E-state index contributed by atoms with van der Waals surface area (Å²) in [5.74, 6) is 0.290. The molecule has 0 spiro atoms. The van der Waals surface area contributed by atoms with Gasteiger partial charge in [-0.3, -0.25) is 14.2 Å². The van der Waals surface area contributed by atoms with Gasteiger partial charge in [0, 0.05) is 12.1 Å². The fraction of sp³-hybridized carbons (Fsp3) is 0.333. The number of phenols is 1. The maximum atomic E-state index is 12.8. The summed E-state index contributed by atoms with van der Waals surface area (Å²) < 4.78 is 1.73. The van der Waals surface area contributed by atoms with Gasteiger partial charge < -0.3 is 10.4 Å². The highest BCUT2D eigenvalue weighted by Crippen LogP contribution is 2.39. The minimum absolute atomic E-state index is 0.0436. The number of para-hydroxylation sites is 1. The van der Waals surface area contributed by atoms with Crippen LogP contribution in [0, 0.1) is 0 Å². The van der Waals surface area contributed by atoms with Crippen molar-refractivity contribution >= 4 is 11.6 Å². The van der Waals surface area contributed by atoms with E-state index in [0.29, 0.717) is 11.4 Å². The molecule has 0 saturated heterocycles. The van der Waals surface area contributed by atoms with E-state index in [0.717, 1.165) is 25.7 Å². The quantitative estimate of drug-likeness (QED) is 0.837. The van der Waals surface area contributed by atoms with Gasteiger partial charge in [-0.05, 0) is 31.0 Å². The maximum absolute atomic E-state index is 12.8. The summed E-state index contributed by atoms with van der Waals surface area (Å²) in [6, 6.07) is 9.85. The molecule has 4 rings (SSSR count). The molecular weight excluding hydrogens is 292 g/mol. The van der Waals surface area contributed by atoms with Crippen LogP contribution in [0.3, 0.4) is 0 Å². The first kappa shape index (κ1) is 14.1. The van der Waals surface area contributed by atoms with Crippen LogP contribution in [0.1, 0.15) is 47.6 Å². The third-order valence-corrected chi connectivity index (χ3v) is 4.90. The summed E-state index contributed by atoms with van der Waals surface area (Å²) in [7, 11) is 0. The van der Waals surface area contributed by atoms with Crippen molar-refractivity contribution in [2.75, 3.05) is 5.32 Å². The predicted molar refractivity (Wildman–Crippen MR) is 87.2 cm³/mol. The predicted octanol–water partition coefficient (Wildman–Crippen LogP) is 2.69. The van der Waals surface area contributed by atoms with Crippen LogP contribution >= 0.6 is 0 Å². The number of nitrogens with one attached hydrogen (secondary N) is 1. The Hall–Kier alpha value is -2.56. The fourth-order valence-corrected chi connectivity index (χ4v) is 3.79. The molecule has 5 nitrogen and oxygen atoms in total. The molecule has 1 aromatic heterocycles. The zero-order chi connectivity index (χ0) is 16.0. The lowest BCUT2D eigenvalue weighted by Gasteiger charge is -2.25. The van der Waals surface area contributed by atoms with E-state index < -0.39 is 0 Å². The van der Waals surface area contributed by atoms with Crippen LogP contribution in [-0.4, -0.2) is 21.5 Å². The van der Waals surface area contributed by atoms with Crippen LogP contribution in [0.5, 0.6) is 5.75 Å². The molecule has 1 aliphatic carbocycles. The highest BCUT2D eigenvalue weighted by Gasteiger charge is 2.36. The Bertz CT molecular complexity index is 840. The van der Waals surface area contributed by atoms with E-state index in [-0.39, 0.29) is 34.7 Å². The van der Waals surface area contributed by atoms with Crippen LogP contribution in [0.25, 0.3) is 0 Å². The molecule has 2 atom stereocenters. The number of hydrogen-bond acceptors (Lipinski definition) is 4. The molecule has 23 heavy (non-hydrogen) atoms. The van der Waals surface area contributed by atoms with Gasteiger partial charge in [0.25, 0.3) is 5.56 Å². The molecule has 5 heteroatoms. The molecule has 0 amide bonds. The average Bonchev–Trinajstić information content (AvgIpc) is 2.95. The van der Waals surface area contributed by atoms with E-state index in [1.165, 1.54) is 12.1 Å². The van der Waals surface area contributed by atoms with Crippen molar-refractivity contribution < 1.29 is 9.90 Å². The Morgan fingerprint density at radius 1 is 1.09 bits per heavy atom. The number of fused-ring (bicyclic) bond motifs is 3. The van der Waals surface area contributed by atoms with E-state index in [1.54, 1.807) is 28.8 Å². The first-order chi connectivity index (χ1) is 11.2. The molecule has 2 heterocycles. The lowest BCUT2D eigenvalue weighted by Crippen LogP contribution is -2.29. The van der Waals surface area contributed by atoms with E-state index in [4.69, 9.17) is 0 Å². The second-order valence-electron chi connectivity index (χ2n) is 6.25. The number of aromatic hydroxyl groups is 1. The van der Waals surface area contributed by atoms with Gasteiger partial charge in [-0.1, -0.05) is 25.0 Å². The smallest absolute Gasteiger partial charge is 0.252 e. The first-order valence-electron chi connectivity index (χ1n) is 8.01. The van der Waals surface area contributed by atoms with Gasteiger partial charge in [-0.15, -0.1) is 0 Å². The second kappa shape index (κ2) is 5.26. The topological polar surface area (TPSA) is 71.3 Å². The third-order valence-electron chi connectivity index (χ3n) is 4.90. The Morgan fingerprint density at radius 2 is 1.87 bits per heavy atom.